The summed E-state index contributed by atoms with van der Waals surface area (Å²) in [6.45, 7) is 5.04. The van der Waals surface area contributed by atoms with Crippen LogP contribution in [-0.2, 0) is 26.9 Å². The number of nitrogens with one attached hydrogen (secondary N) is 2. The lowest BCUT2D eigenvalue weighted by atomic mass is 10.1. The molecule has 0 radical (unpaired) electrons. The molecule has 0 aliphatic carbocycles. The summed E-state index contributed by atoms with van der Waals surface area (Å²) in [5.41, 5.74) is 2.51. The fourth-order valence-electron chi connectivity index (χ4n) is 2.80. The van der Waals surface area contributed by atoms with Crippen molar-refractivity contribution in [3.05, 3.63) is 46.8 Å². The van der Waals surface area contributed by atoms with E-state index >= 15 is 0 Å². The molecule has 0 atom stereocenters. The van der Waals surface area contributed by atoms with Gasteiger partial charge in [0.15, 0.2) is 15.8 Å². The van der Waals surface area contributed by atoms with Crippen molar-refractivity contribution in [2.45, 2.75) is 32.1 Å². The van der Waals surface area contributed by atoms with Crippen molar-refractivity contribution in [2.24, 2.45) is 4.99 Å². The molecular weight excluding hydrogens is 496 g/mol. The summed E-state index contributed by atoms with van der Waals surface area (Å²) in [5.74, 6) is 0.0970. The first-order chi connectivity index (χ1) is 12.9. The zero-order valence-corrected chi connectivity index (χ0v) is 19.5. The molecule has 6 nitrogen and oxygen atoms in total. The summed E-state index contributed by atoms with van der Waals surface area (Å²) in [6.07, 6.45) is 5.14. The summed E-state index contributed by atoms with van der Waals surface area (Å²) in [6, 6.07) is 4.14. The molecule has 0 fully saturated rings. The van der Waals surface area contributed by atoms with Crippen molar-refractivity contribution in [3.8, 4) is 0 Å². The third-order valence-corrected chi connectivity index (χ3v) is 4.97. The molecule has 0 saturated carbocycles. The minimum absolute atomic E-state index is 0. The number of guanidine groups is 1. The number of ether oxygens (including phenoxy) is 1. The molecule has 1 aromatic carbocycles. The lowest BCUT2D eigenvalue weighted by molar-refractivity contribution is 0.153. The highest BCUT2D eigenvalue weighted by atomic mass is 127. The van der Waals surface area contributed by atoms with Crippen LogP contribution in [0.1, 0.15) is 30.9 Å². The van der Waals surface area contributed by atoms with Gasteiger partial charge >= 0.3 is 0 Å². The van der Waals surface area contributed by atoms with Crippen molar-refractivity contribution in [1.29, 1.82) is 0 Å². The van der Waals surface area contributed by atoms with Crippen molar-refractivity contribution in [1.82, 2.24) is 10.6 Å². The van der Waals surface area contributed by atoms with Crippen LogP contribution >= 0.6 is 24.0 Å². The number of sulfone groups is 1. The summed E-state index contributed by atoms with van der Waals surface area (Å²) < 4.78 is 42.1. The third kappa shape index (κ3) is 9.33. The second kappa shape index (κ2) is 12.4. The van der Waals surface area contributed by atoms with Crippen LogP contribution in [0.15, 0.2) is 34.8 Å². The van der Waals surface area contributed by atoms with Gasteiger partial charge in [-0.2, -0.15) is 0 Å². The Hall–Kier alpha value is -1.20. The SMILES string of the molecule is CCNC(=NCc1cc(F)ccc1CS(C)(=O)=O)NCCC1=CCOCC1.I. The normalized spacial score (nSPS) is 14.8. The zero-order valence-electron chi connectivity index (χ0n) is 16.3. The van der Waals surface area contributed by atoms with Crippen LogP contribution in [0.3, 0.4) is 0 Å². The van der Waals surface area contributed by atoms with Crippen LogP contribution in [0.2, 0.25) is 0 Å². The molecule has 1 aliphatic rings. The predicted octanol–water partition coefficient (Wildman–Crippen LogP) is 2.78. The molecule has 0 unspecified atom stereocenters. The van der Waals surface area contributed by atoms with E-state index < -0.39 is 15.7 Å². The Bertz CT molecular complexity index is 798. The molecule has 158 valence electrons. The molecule has 0 bridgehead atoms. The van der Waals surface area contributed by atoms with Gasteiger partial charge in [-0.25, -0.2) is 17.8 Å². The highest BCUT2D eigenvalue weighted by Crippen LogP contribution is 2.16. The molecule has 9 heteroatoms. The topological polar surface area (TPSA) is 79.8 Å². The molecule has 2 N–H and O–H groups in total. The van der Waals surface area contributed by atoms with E-state index in [1.807, 2.05) is 6.92 Å². The fraction of sp³-hybridized carbons (Fsp3) is 0.526. The summed E-state index contributed by atoms with van der Waals surface area (Å²) >= 11 is 0. The first-order valence-corrected chi connectivity index (χ1v) is 11.2. The molecule has 0 saturated heterocycles. The number of rotatable bonds is 8. The Morgan fingerprint density at radius 2 is 2.07 bits per heavy atom. The van der Waals surface area contributed by atoms with Gasteiger partial charge in [0.2, 0.25) is 0 Å². The van der Waals surface area contributed by atoms with E-state index in [1.165, 1.54) is 30.0 Å². The van der Waals surface area contributed by atoms with Crippen LogP contribution in [0, 0.1) is 5.82 Å². The van der Waals surface area contributed by atoms with Gasteiger partial charge in [0.25, 0.3) is 0 Å². The van der Waals surface area contributed by atoms with Crippen molar-refractivity contribution in [3.63, 3.8) is 0 Å². The zero-order chi connectivity index (χ0) is 19.7. The molecule has 28 heavy (non-hydrogen) atoms. The van der Waals surface area contributed by atoms with Crippen LogP contribution in [0.25, 0.3) is 0 Å². The maximum absolute atomic E-state index is 13.6. The molecule has 0 amide bonds. The largest absolute Gasteiger partial charge is 0.377 e. The number of aliphatic imine (C=N–C) groups is 1. The molecule has 1 aromatic rings. The molecule has 1 aliphatic heterocycles. The van der Waals surface area contributed by atoms with E-state index in [0.29, 0.717) is 30.2 Å². The maximum atomic E-state index is 13.6. The van der Waals surface area contributed by atoms with E-state index in [-0.39, 0.29) is 36.3 Å². The Morgan fingerprint density at radius 3 is 2.71 bits per heavy atom. The molecule has 2 rings (SSSR count). The average molecular weight is 525 g/mol. The van der Waals surface area contributed by atoms with Crippen molar-refractivity contribution in [2.75, 3.05) is 32.6 Å². The minimum atomic E-state index is -3.21. The molecular formula is C19H29FIN3O3S. The van der Waals surface area contributed by atoms with Gasteiger partial charge in [-0.1, -0.05) is 17.7 Å². The summed E-state index contributed by atoms with van der Waals surface area (Å²) in [4.78, 5) is 4.49. The lowest BCUT2D eigenvalue weighted by Gasteiger charge is -2.15. The van der Waals surface area contributed by atoms with E-state index in [4.69, 9.17) is 4.74 Å². The molecule has 0 spiro atoms. The number of hydrogen-bond donors (Lipinski definition) is 2. The van der Waals surface area contributed by atoms with Gasteiger partial charge in [0.05, 0.1) is 25.5 Å². The number of halogens is 2. The highest BCUT2D eigenvalue weighted by molar-refractivity contribution is 14.0. The number of hydrogen-bond acceptors (Lipinski definition) is 4. The number of benzene rings is 1. The highest BCUT2D eigenvalue weighted by Gasteiger charge is 2.11. The Morgan fingerprint density at radius 1 is 1.29 bits per heavy atom. The predicted molar refractivity (Wildman–Crippen MR) is 121 cm³/mol. The smallest absolute Gasteiger partial charge is 0.191 e. The maximum Gasteiger partial charge on any atom is 0.191 e. The van der Waals surface area contributed by atoms with Gasteiger partial charge in [0.1, 0.15) is 5.82 Å². The van der Waals surface area contributed by atoms with E-state index in [1.54, 1.807) is 0 Å². The van der Waals surface area contributed by atoms with Crippen molar-refractivity contribution < 1.29 is 17.5 Å². The standard InChI is InChI=1S/C19H28FN3O3S.HI/c1-3-21-19(22-9-6-15-7-10-26-11-8-15)23-13-17-12-18(20)5-4-16(17)14-27(2,24)25;/h4-5,7,12H,3,6,8-11,13-14H2,1-2H3,(H2,21,22,23);1H. The first kappa shape index (κ1) is 24.8. The molecule has 1 heterocycles. The first-order valence-electron chi connectivity index (χ1n) is 9.10. The fourth-order valence-corrected chi connectivity index (χ4v) is 3.65. The van der Waals surface area contributed by atoms with Gasteiger partial charge < -0.3 is 15.4 Å². The van der Waals surface area contributed by atoms with E-state index in [2.05, 4.69) is 21.7 Å². The Balaban J connectivity index is 0.00000392. The second-order valence-corrected chi connectivity index (χ2v) is 8.68. The monoisotopic (exact) mass is 525 g/mol. The van der Waals surface area contributed by atoms with Crippen LogP contribution in [-0.4, -0.2) is 46.9 Å². The third-order valence-electron chi connectivity index (χ3n) is 4.13. The van der Waals surface area contributed by atoms with Gasteiger partial charge in [0, 0.05) is 19.3 Å². The second-order valence-electron chi connectivity index (χ2n) is 6.54. The van der Waals surface area contributed by atoms with Gasteiger partial charge in [-0.3, -0.25) is 0 Å². The summed E-state index contributed by atoms with van der Waals surface area (Å²) in [7, 11) is -3.21. The van der Waals surface area contributed by atoms with Crippen LogP contribution < -0.4 is 10.6 Å². The Kier molecular flexibility index (Phi) is 11.0. The van der Waals surface area contributed by atoms with Gasteiger partial charge in [-0.15, -0.1) is 24.0 Å². The minimum Gasteiger partial charge on any atom is -0.377 e. The average Bonchev–Trinajstić information content (AvgIpc) is 2.61. The van der Waals surface area contributed by atoms with E-state index in [0.717, 1.165) is 26.0 Å². The number of nitrogens with zero attached hydrogens (tertiary/aromatic N) is 1. The van der Waals surface area contributed by atoms with Gasteiger partial charge in [-0.05, 0) is 43.0 Å². The lowest BCUT2D eigenvalue weighted by Crippen LogP contribution is -2.38. The van der Waals surface area contributed by atoms with Crippen molar-refractivity contribution >= 4 is 39.8 Å². The molecule has 0 aromatic heterocycles. The van der Waals surface area contributed by atoms with Crippen LogP contribution in [0.4, 0.5) is 4.39 Å². The van der Waals surface area contributed by atoms with Crippen LogP contribution in [0.5, 0.6) is 0 Å². The Labute approximate surface area is 184 Å². The van der Waals surface area contributed by atoms with E-state index in [9.17, 15) is 12.8 Å². The summed E-state index contributed by atoms with van der Waals surface area (Å²) in [5, 5.41) is 6.42. The quantitative estimate of drug-likeness (QED) is 0.236.